The third-order valence-corrected chi connectivity index (χ3v) is 13.2. The van der Waals surface area contributed by atoms with Crippen LogP contribution in [0, 0.1) is 13.8 Å². The van der Waals surface area contributed by atoms with Gasteiger partial charge >= 0.3 is 24.7 Å². The number of methoxy groups -OCH3 is 1. The number of carbonyl (C=O) groups is 2. The van der Waals surface area contributed by atoms with Crippen molar-refractivity contribution >= 4 is 65.3 Å². The van der Waals surface area contributed by atoms with Gasteiger partial charge in [-0.25, -0.2) is 19.6 Å². The zero-order valence-electron chi connectivity index (χ0n) is 38.2. The Morgan fingerprint density at radius 2 is 1.07 bits per heavy atom. The Kier molecular flexibility index (Phi) is 16.0. The number of fused-ring (bicyclic) bond motifs is 2. The van der Waals surface area contributed by atoms with Crippen LogP contribution in [0.25, 0.3) is 20.4 Å². The molecule has 8 rings (SSSR count). The van der Waals surface area contributed by atoms with Gasteiger partial charge in [0.2, 0.25) is 0 Å². The maximum absolute atomic E-state index is 12.5. The number of hydrogen-bond donors (Lipinski definition) is 1. The van der Waals surface area contributed by atoms with Crippen LogP contribution < -0.4 is 28.7 Å². The second kappa shape index (κ2) is 21.7. The Bertz CT molecular complexity index is 2750. The fourth-order valence-corrected chi connectivity index (χ4v) is 10.5. The van der Waals surface area contributed by atoms with Gasteiger partial charge in [0.25, 0.3) is 0 Å². The van der Waals surface area contributed by atoms with Crippen molar-refractivity contribution in [2.45, 2.75) is 65.6 Å². The molecule has 14 nitrogen and oxygen atoms in total. The zero-order valence-corrected chi connectivity index (χ0v) is 39.9. The molecule has 370 valence electrons. The van der Waals surface area contributed by atoms with Gasteiger partial charge in [-0.1, -0.05) is 34.8 Å². The van der Waals surface area contributed by atoms with Gasteiger partial charge in [0, 0.05) is 76.6 Å². The Morgan fingerprint density at radius 1 is 0.638 bits per heavy atom. The predicted octanol–water partition coefficient (Wildman–Crippen LogP) is 9.44. The lowest BCUT2D eigenvalue weighted by Crippen LogP contribution is -2.51. The number of rotatable bonds is 14. The number of hydrogen-bond acceptors (Lipinski definition) is 15. The van der Waals surface area contributed by atoms with E-state index < -0.39 is 24.7 Å². The normalized spacial score (nSPS) is 17.1. The number of ether oxygens (including phenoxy) is 5. The first-order valence-electron chi connectivity index (χ1n) is 21.7. The van der Waals surface area contributed by atoms with Gasteiger partial charge in [-0.2, -0.15) is 0 Å². The van der Waals surface area contributed by atoms with Crippen molar-refractivity contribution in [2.75, 3.05) is 69.4 Å². The van der Waals surface area contributed by atoms with E-state index in [1.54, 1.807) is 12.1 Å². The molecule has 0 bridgehead atoms. The number of esters is 1. The standard InChI is InChI=1S/C24H26F3N3O4S.C23H24F3N3O4S/c1-15-8-17(10-19(9-15)33-14-22(31)32-3)13-29-6-7-30(16(2)12-29)23-28-20-5-4-18(11-21(20)35-23)34-24(25,26)27;1-14-7-16(9-18(8-14)32-13-21(30)31)12-28-5-6-29(15(2)11-28)22-27-19-4-3-17(10-20(19)34-22)33-23(24,25)26/h4-5,8-11,16H,6-7,12-14H2,1-3H3;3-4,7-10,15H,5-6,11-13H2,1-2H3,(H,30,31)/t16-;15-/m11/s1. The topological polar surface area (TPSA) is 139 Å². The summed E-state index contributed by atoms with van der Waals surface area (Å²) in [5, 5.41) is 10.4. The number of halogens is 6. The lowest BCUT2D eigenvalue weighted by molar-refractivity contribution is -0.275. The third-order valence-electron chi connectivity index (χ3n) is 11.1. The predicted molar refractivity (Wildman–Crippen MR) is 250 cm³/mol. The molecule has 2 aromatic heterocycles. The Balaban J connectivity index is 0.000000204. The van der Waals surface area contributed by atoms with E-state index in [0.717, 1.165) is 78.3 Å². The average Bonchev–Trinajstić information content (AvgIpc) is 3.87. The number of alkyl halides is 6. The van der Waals surface area contributed by atoms with Crippen molar-refractivity contribution in [1.82, 2.24) is 19.8 Å². The van der Waals surface area contributed by atoms with Crippen LogP contribution in [0.2, 0.25) is 0 Å². The highest BCUT2D eigenvalue weighted by Crippen LogP contribution is 2.37. The third kappa shape index (κ3) is 14.5. The molecule has 69 heavy (non-hydrogen) atoms. The highest BCUT2D eigenvalue weighted by atomic mass is 32.1. The number of thiazole rings is 2. The lowest BCUT2D eigenvalue weighted by Gasteiger charge is -2.39. The summed E-state index contributed by atoms with van der Waals surface area (Å²) in [6, 6.07) is 20.3. The van der Waals surface area contributed by atoms with Crippen molar-refractivity contribution in [2.24, 2.45) is 0 Å². The van der Waals surface area contributed by atoms with Crippen LogP contribution in [0.5, 0.6) is 23.0 Å². The summed E-state index contributed by atoms with van der Waals surface area (Å²) in [6.45, 7) is 13.6. The van der Waals surface area contributed by atoms with Gasteiger partial charge in [0.05, 0.1) is 27.5 Å². The first kappa shape index (κ1) is 50.8. The molecule has 1 N–H and O–H groups in total. The number of nitrogens with zero attached hydrogens (tertiary/aromatic N) is 6. The van der Waals surface area contributed by atoms with E-state index in [9.17, 15) is 35.9 Å². The minimum atomic E-state index is -4.73. The number of carboxylic acids is 1. The molecule has 2 atom stereocenters. The van der Waals surface area contributed by atoms with E-state index in [1.807, 2.05) is 38.1 Å². The van der Waals surface area contributed by atoms with Gasteiger partial charge < -0.3 is 38.6 Å². The molecule has 0 unspecified atom stereocenters. The summed E-state index contributed by atoms with van der Waals surface area (Å²) < 4.78 is 100. The quantitative estimate of drug-likeness (QED) is 0.0819. The minimum Gasteiger partial charge on any atom is -0.482 e. The van der Waals surface area contributed by atoms with Crippen LogP contribution in [-0.2, 0) is 27.4 Å². The van der Waals surface area contributed by atoms with Gasteiger partial charge in [-0.3, -0.25) is 9.80 Å². The number of piperazine rings is 2. The summed E-state index contributed by atoms with van der Waals surface area (Å²) in [5.74, 6) is -0.791. The monoisotopic (exact) mass is 1000 g/mol. The Hall–Kier alpha value is -6.10. The van der Waals surface area contributed by atoms with Crippen LogP contribution in [-0.4, -0.2) is 121 Å². The molecule has 4 aromatic carbocycles. The van der Waals surface area contributed by atoms with Crippen molar-refractivity contribution < 1.29 is 64.7 Å². The van der Waals surface area contributed by atoms with Gasteiger partial charge in [0.1, 0.15) is 23.0 Å². The maximum Gasteiger partial charge on any atom is 0.573 e. The maximum atomic E-state index is 12.5. The van der Waals surface area contributed by atoms with E-state index >= 15 is 0 Å². The molecule has 2 aliphatic rings. The molecule has 2 saturated heterocycles. The highest BCUT2D eigenvalue weighted by Gasteiger charge is 2.33. The number of aliphatic carboxylic acids is 1. The van der Waals surface area contributed by atoms with Crippen LogP contribution in [0.1, 0.15) is 36.1 Å². The first-order valence-corrected chi connectivity index (χ1v) is 23.3. The molecule has 2 fully saturated rings. The minimum absolute atomic E-state index is 0.138. The Labute approximate surface area is 401 Å². The largest absolute Gasteiger partial charge is 0.573 e. The molecule has 6 aromatic rings. The van der Waals surface area contributed by atoms with Crippen molar-refractivity contribution in [3.63, 3.8) is 0 Å². The molecular weight excluding hydrogens is 955 g/mol. The number of anilines is 2. The van der Waals surface area contributed by atoms with Crippen molar-refractivity contribution in [1.29, 1.82) is 0 Å². The molecule has 0 radical (unpaired) electrons. The summed E-state index contributed by atoms with van der Waals surface area (Å²) >= 11 is 2.71. The SMILES string of the molecule is COC(=O)COc1cc(C)cc(CN2CCN(c3nc4ccc(OC(F)(F)F)cc4s3)[C@H](C)C2)c1.Cc1cc(CN2CCN(c3nc4ccc(OC(F)(F)F)cc4s3)[C@H](C)C2)cc(OCC(=O)O)c1. The van der Waals surface area contributed by atoms with E-state index in [4.69, 9.17) is 14.6 Å². The molecule has 0 amide bonds. The van der Waals surface area contributed by atoms with Crippen LogP contribution in [0.4, 0.5) is 36.6 Å². The molecule has 0 aliphatic carbocycles. The van der Waals surface area contributed by atoms with Crippen molar-refractivity contribution in [3.8, 4) is 23.0 Å². The average molecular weight is 1010 g/mol. The van der Waals surface area contributed by atoms with E-state index in [2.05, 4.69) is 69.8 Å². The summed E-state index contributed by atoms with van der Waals surface area (Å²) in [4.78, 5) is 40.4. The number of carboxylic acid groups (broad SMARTS) is 1. The first-order chi connectivity index (χ1) is 32.6. The summed E-state index contributed by atoms with van der Waals surface area (Å²) in [6.07, 6.45) is -9.45. The van der Waals surface area contributed by atoms with E-state index in [1.165, 1.54) is 54.0 Å². The van der Waals surface area contributed by atoms with Crippen LogP contribution >= 0.6 is 22.7 Å². The number of aryl methyl sites for hydroxylation is 2. The zero-order chi connectivity index (χ0) is 49.6. The second-order valence-electron chi connectivity index (χ2n) is 16.8. The van der Waals surface area contributed by atoms with Crippen LogP contribution in [0.15, 0.2) is 72.8 Å². The molecule has 22 heteroatoms. The lowest BCUT2D eigenvalue weighted by atomic mass is 10.1. The van der Waals surface area contributed by atoms with Crippen molar-refractivity contribution in [3.05, 3.63) is 95.1 Å². The second-order valence-corrected chi connectivity index (χ2v) is 18.8. The van der Waals surface area contributed by atoms with Gasteiger partial charge in [0.15, 0.2) is 23.5 Å². The Morgan fingerprint density at radius 3 is 1.46 bits per heavy atom. The van der Waals surface area contributed by atoms with Crippen LogP contribution in [0.3, 0.4) is 0 Å². The summed E-state index contributed by atoms with van der Waals surface area (Å²) in [5.41, 5.74) is 5.44. The number of benzene rings is 4. The highest BCUT2D eigenvalue weighted by molar-refractivity contribution is 7.22. The fraction of sp³-hybridized carbons (Fsp3) is 0.404. The smallest absolute Gasteiger partial charge is 0.482 e. The molecule has 4 heterocycles. The summed E-state index contributed by atoms with van der Waals surface area (Å²) in [7, 11) is 1.32. The fourth-order valence-electron chi connectivity index (χ4n) is 8.21. The molecule has 2 aliphatic heterocycles. The van der Waals surface area contributed by atoms with Gasteiger partial charge in [-0.15, -0.1) is 26.3 Å². The molecular formula is C47H50F6N6O8S2. The van der Waals surface area contributed by atoms with Gasteiger partial charge in [-0.05, 0) is 98.5 Å². The van der Waals surface area contributed by atoms with E-state index in [0.29, 0.717) is 38.5 Å². The molecule has 0 spiro atoms. The van der Waals surface area contributed by atoms with E-state index in [-0.39, 0.29) is 36.8 Å². The number of carbonyl (C=O) groups excluding carboxylic acids is 1. The number of aromatic nitrogens is 2. The molecule has 0 saturated carbocycles.